The van der Waals surface area contributed by atoms with Crippen molar-refractivity contribution in [1.29, 1.82) is 0 Å². The van der Waals surface area contributed by atoms with Gasteiger partial charge in [0.05, 0.1) is 27.7 Å². The van der Waals surface area contributed by atoms with Crippen LogP contribution in [0.15, 0.2) is 42.5 Å². The third-order valence-electron chi connectivity index (χ3n) is 11.0. The Hall–Kier alpha value is -4.44. The first-order valence-corrected chi connectivity index (χ1v) is 21.9. The summed E-state index contributed by atoms with van der Waals surface area (Å²) in [7, 11) is 1.72. The minimum absolute atomic E-state index is 0.0285. The molecule has 2 atom stereocenters. The van der Waals surface area contributed by atoms with Crippen LogP contribution in [-0.2, 0) is 54.5 Å². The highest BCUT2D eigenvalue weighted by Gasteiger charge is 2.50. The molecule has 0 radical (unpaired) electrons. The number of hydrogen-bond acceptors (Lipinski definition) is 7. The Balaban J connectivity index is 1.26. The number of rotatable bonds is 12. The van der Waals surface area contributed by atoms with Gasteiger partial charge in [0.1, 0.15) is 34.8 Å². The lowest BCUT2D eigenvalue weighted by molar-refractivity contribution is -0.142. The van der Waals surface area contributed by atoms with Crippen LogP contribution in [0.3, 0.4) is 0 Å². The van der Waals surface area contributed by atoms with Crippen LogP contribution in [0.25, 0.3) is 22.0 Å². The number of fused-ring (bicyclic) bond motifs is 2. The van der Waals surface area contributed by atoms with E-state index in [0.29, 0.717) is 43.6 Å². The summed E-state index contributed by atoms with van der Waals surface area (Å²) in [6.45, 7) is 4.59. The van der Waals surface area contributed by atoms with Crippen molar-refractivity contribution in [1.82, 2.24) is 29.9 Å². The number of carbonyl (C=O) groups excluding carboxylic acids is 1. The lowest BCUT2D eigenvalue weighted by Gasteiger charge is -2.24. The Bertz CT molecular complexity index is 2610. The number of carbonyl (C=O) groups is 1. The molecule has 8 rings (SSSR count). The molecule has 0 saturated heterocycles. The van der Waals surface area contributed by atoms with Crippen molar-refractivity contribution < 1.29 is 40.1 Å². The van der Waals surface area contributed by atoms with Crippen LogP contribution in [0.5, 0.6) is 0 Å². The molecule has 2 N–H and O–H groups in total. The summed E-state index contributed by atoms with van der Waals surface area (Å²) in [4.78, 5) is 18.9. The fourth-order valence-corrected chi connectivity index (χ4v) is 10.1. The highest BCUT2D eigenvalue weighted by atomic mass is 35.5. The zero-order valence-corrected chi connectivity index (χ0v) is 35.6. The highest BCUT2D eigenvalue weighted by molar-refractivity contribution is 8.02. The van der Waals surface area contributed by atoms with E-state index < -0.39 is 87.9 Å². The molecule has 19 heteroatoms. The largest absolute Gasteiger partial charge is 0.615 e. The first-order chi connectivity index (χ1) is 28.6. The minimum atomic E-state index is -5.06. The number of amides is 1. The van der Waals surface area contributed by atoms with E-state index in [0.717, 1.165) is 37.8 Å². The molecule has 2 unspecified atom stereocenters. The quantitative estimate of drug-likeness (QED) is 0.0555. The summed E-state index contributed by atoms with van der Waals surface area (Å²) in [5.74, 6) is 0.0182. The standard InChI is InChI=1S/C42H39ClF7N7O2S2/c1-39(2,61(59)26-6-7-26)13-11-25-5-8-27(28-9-10-30(43)33-35(28)56(4)54-38(33)55-60-40(3)15-16-40)34(51-25)31(19-22-17-23(44)20-24(45)18-22)52-32(58)21-57-37-29(12-14-41(37,46)47)36(53-57)42(48,49)50/h5,8-10,17-18,20,26,31H,6-7,12,14-16,19,21H2,1-4H3,(H,52,58)(H,54,55). The van der Waals surface area contributed by atoms with Crippen LogP contribution in [0.2, 0.25) is 5.02 Å². The van der Waals surface area contributed by atoms with Gasteiger partial charge >= 0.3 is 6.18 Å². The molecule has 322 valence electrons. The number of nitrogens with one attached hydrogen (secondary N) is 2. The predicted octanol–water partition coefficient (Wildman–Crippen LogP) is 9.57. The number of hydrogen-bond donors (Lipinski definition) is 2. The summed E-state index contributed by atoms with van der Waals surface area (Å²) in [5, 5.41) is 11.8. The summed E-state index contributed by atoms with van der Waals surface area (Å²) in [6, 6.07) is 8.15. The molecule has 3 aromatic heterocycles. The fraction of sp³-hybridized carbons (Fsp3) is 0.429. The maximum absolute atomic E-state index is 15.1. The zero-order valence-electron chi connectivity index (χ0n) is 33.2. The molecule has 0 bridgehead atoms. The van der Waals surface area contributed by atoms with Gasteiger partial charge < -0.3 is 14.6 Å². The second kappa shape index (κ2) is 15.7. The molecule has 5 aromatic rings. The monoisotopic (exact) mass is 905 g/mol. The molecule has 2 fully saturated rings. The van der Waals surface area contributed by atoms with Gasteiger partial charge in [0.15, 0.2) is 16.3 Å². The van der Waals surface area contributed by atoms with Gasteiger partial charge in [-0.3, -0.25) is 14.2 Å². The average molecular weight is 906 g/mol. The van der Waals surface area contributed by atoms with E-state index >= 15 is 8.78 Å². The van der Waals surface area contributed by atoms with Gasteiger partial charge in [-0.2, -0.15) is 32.1 Å². The average Bonchev–Trinajstić information content (AvgIpc) is 4.06. The van der Waals surface area contributed by atoms with E-state index in [1.165, 1.54) is 11.9 Å². The zero-order chi connectivity index (χ0) is 43.8. The number of nitrogens with zero attached hydrogens (tertiary/aromatic N) is 5. The van der Waals surface area contributed by atoms with Gasteiger partial charge in [0.25, 0.3) is 5.92 Å². The number of halogens is 8. The summed E-state index contributed by atoms with van der Waals surface area (Å²) < 4.78 is 119. The van der Waals surface area contributed by atoms with E-state index in [4.69, 9.17) is 21.7 Å². The number of pyridine rings is 1. The van der Waals surface area contributed by atoms with Crippen molar-refractivity contribution >= 4 is 57.4 Å². The van der Waals surface area contributed by atoms with Crippen molar-refractivity contribution in [2.24, 2.45) is 7.05 Å². The molecule has 3 aliphatic carbocycles. The minimum Gasteiger partial charge on any atom is -0.615 e. The van der Waals surface area contributed by atoms with Gasteiger partial charge in [-0.25, -0.2) is 13.8 Å². The normalized spacial score (nSPS) is 17.7. The Morgan fingerprint density at radius 1 is 1.07 bits per heavy atom. The smallest absolute Gasteiger partial charge is 0.435 e. The number of benzene rings is 2. The van der Waals surface area contributed by atoms with E-state index in [1.54, 1.807) is 49.8 Å². The van der Waals surface area contributed by atoms with E-state index in [-0.39, 0.29) is 33.4 Å². The van der Waals surface area contributed by atoms with Gasteiger partial charge in [-0.15, -0.1) is 0 Å². The molecular weight excluding hydrogens is 867 g/mol. The van der Waals surface area contributed by atoms with E-state index in [9.17, 15) is 31.3 Å². The Kier molecular flexibility index (Phi) is 11.1. The first kappa shape index (κ1) is 43.2. The van der Waals surface area contributed by atoms with E-state index in [1.807, 2.05) is 0 Å². The molecule has 2 saturated carbocycles. The van der Waals surface area contributed by atoms with Crippen LogP contribution in [-0.4, -0.2) is 49.7 Å². The summed E-state index contributed by atoms with van der Waals surface area (Å²) in [5.41, 5.74) is -1.37. The molecule has 3 aliphatic rings. The second-order valence-corrected chi connectivity index (χ2v) is 20.6. The third kappa shape index (κ3) is 8.93. The van der Waals surface area contributed by atoms with Crippen LogP contribution in [0.1, 0.15) is 92.8 Å². The lowest BCUT2D eigenvalue weighted by Crippen LogP contribution is -2.35. The first-order valence-electron chi connectivity index (χ1n) is 19.5. The van der Waals surface area contributed by atoms with Gasteiger partial charge in [-0.05, 0) is 130 Å². The number of aromatic nitrogens is 5. The van der Waals surface area contributed by atoms with Gasteiger partial charge in [-0.1, -0.05) is 17.7 Å². The Labute approximate surface area is 358 Å². The SMILES string of the molecule is Cn1nc(NSC2(C)CC2)c2c(Cl)ccc(-c3ccc(C#CC(C)(C)[S+]([O-])C4CC4)nc3C(Cc3cc(F)cc(F)c3)NC(=O)Cn3nc(C(F)(F)F)c4c3C(F)(F)CC4)c21. The number of anilines is 1. The molecule has 0 spiro atoms. The topological polar surface area (TPSA) is 113 Å². The Morgan fingerprint density at radius 3 is 2.41 bits per heavy atom. The highest BCUT2D eigenvalue weighted by Crippen LogP contribution is 2.49. The van der Waals surface area contributed by atoms with Crippen molar-refractivity contribution in [3.63, 3.8) is 0 Å². The maximum Gasteiger partial charge on any atom is 0.435 e. The van der Waals surface area contributed by atoms with Gasteiger partial charge in [0, 0.05) is 41.0 Å². The molecule has 2 aromatic carbocycles. The summed E-state index contributed by atoms with van der Waals surface area (Å²) in [6.07, 6.45) is -3.16. The second-order valence-electron chi connectivity index (χ2n) is 16.5. The fourth-order valence-electron chi connectivity index (χ4n) is 7.56. The molecule has 1 amide bonds. The molecule has 61 heavy (non-hydrogen) atoms. The molecule has 3 heterocycles. The van der Waals surface area contributed by atoms with Crippen LogP contribution in [0.4, 0.5) is 36.6 Å². The van der Waals surface area contributed by atoms with Crippen molar-refractivity contribution in [3.05, 3.63) is 93.0 Å². The number of aryl methyl sites for hydroxylation is 1. The number of alkyl halides is 5. The van der Waals surface area contributed by atoms with Gasteiger partial charge in [0.2, 0.25) is 5.91 Å². The predicted molar refractivity (Wildman–Crippen MR) is 220 cm³/mol. The van der Waals surface area contributed by atoms with Crippen LogP contribution in [0, 0.1) is 23.5 Å². The molecular formula is C42H39ClF7N7O2S2. The van der Waals surface area contributed by atoms with Crippen molar-refractivity contribution in [3.8, 4) is 23.0 Å². The third-order valence-corrected chi connectivity index (χ3v) is 14.7. The molecule has 9 nitrogen and oxygen atoms in total. The Morgan fingerprint density at radius 2 is 1.75 bits per heavy atom. The van der Waals surface area contributed by atoms with Crippen LogP contribution < -0.4 is 10.0 Å². The summed E-state index contributed by atoms with van der Waals surface area (Å²) >= 11 is 7.06. The lowest BCUT2D eigenvalue weighted by atomic mass is 9.93. The van der Waals surface area contributed by atoms with Crippen molar-refractivity contribution in [2.75, 3.05) is 4.72 Å². The van der Waals surface area contributed by atoms with Crippen molar-refractivity contribution in [2.45, 2.75) is 105 Å². The molecule has 0 aliphatic heterocycles. The van der Waals surface area contributed by atoms with E-state index in [2.05, 4.69) is 33.9 Å². The van der Waals surface area contributed by atoms with Crippen LogP contribution >= 0.6 is 23.5 Å². The maximum atomic E-state index is 15.1.